The van der Waals surface area contributed by atoms with Crippen LogP contribution in [-0.4, -0.2) is 29.9 Å². The Labute approximate surface area is 324 Å². The first-order valence-electron chi connectivity index (χ1n) is 18.3. The molecule has 0 aliphatic rings. The molecule has 0 saturated carbocycles. The van der Waals surface area contributed by atoms with Gasteiger partial charge in [0.2, 0.25) is 5.56 Å². The van der Waals surface area contributed by atoms with Gasteiger partial charge in [0.15, 0.2) is 0 Å². The SMILES string of the molecule is Cc1cc(=O)[nH]c2nc(-c3ccccc3)c(-c3ccc4ncc(-c5cccc(-c6nc7[nH]c(=O)c(C#N)cc7cc6-c6ccc7ncccc7c6)c5)cc4c3)cc12. The zero-order valence-corrected chi connectivity index (χ0v) is 30.4. The van der Waals surface area contributed by atoms with Crippen LogP contribution in [0, 0.1) is 18.3 Å². The van der Waals surface area contributed by atoms with Crippen molar-refractivity contribution in [2.24, 2.45) is 0 Å². The number of hydrogen-bond acceptors (Lipinski definition) is 7. The van der Waals surface area contributed by atoms with Crippen LogP contribution in [0.4, 0.5) is 0 Å². The first-order chi connectivity index (χ1) is 27.9. The fraction of sp³-hybridized carbons (Fsp3) is 0.0208. The molecule has 0 unspecified atom stereocenters. The Hall–Kier alpha value is -8.09. The first kappa shape index (κ1) is 33.5. The van der Waals surface area contributed by atoms with E-state index in [-0.39, 0.29) is 11.1 Å². The van der Waals surface area contributed by atoms with Gasteiger partial charge in [0.05, 0.1) is 22.4 Å². The highest BCUT2D eigenvalue weighted by atomic mass is 16.1. The highest BCUT2D eigenvalue weighted by molar-refractivity contribution is 5.97. The minimum atomic E-state index is -0.483. The van der Waals surface area contributed by atoms with Crippen LogP contribution >= 0.6 is 0 Å². The zero-order valence-electron chi connectivity index (χ0n) is 30.4. The van der Waals surface area contributed by atoms with Crippen LogP contribution < -0.4 is 11.1 Å². The second-order valence-corrected chi connectivity index (χ2v) is 14.0. The summed E-state index contributed by atoms with van der Waals surface area (Å²) in [7, 11) is 0. The lowest BCUT2D eigenvalue weighted by atomic mass is 9.94. The number of nitrogens with zero attached hydrogens (tertiary/aromatic N) is 5. The van der Waals surface area contributed by atoms with Gasteiger partial charge < -0.3 is 9.97 Å². The summed E-state index contributed by atoms with van der Waals surface area (Å²) in [6, 6.07) is 45.7. The van der Waals surface area contributed by atoms with Crippen LogP contribution in [-0.2, 0) is 0 Å². The number of nitrogens with one attached hydrogen (secondary N) is 2. The van der Waals surface area contributed by atoms with Crippen molar-refractivity contribution >= 4 is 43.9 Å². The maximum Gasteiger partial charge on any atom is 0.267 e. The summed E-state index contributed by atoms with van der Waals surface area (Å²) in [5.41, 5.74) is 11.7. The van der Waals surface area contributed by atoms with Gasteiger partial charge in [-0.05, 0) is 89.8 Å². The summed E-state index contributed by atoms with van der Waals surface area (Å²) >= 11 is 0. The van der Waals surface area contributed by atoms with Crippen LogP contribution in [0.1, 0.15) is 11.1 Å². The first-order valence-corrected chi connectivity index (χ1v) is 18.3. The molecule has 0 bridgehead atoms. The van der Waals surface area contributed by atoms with Crippen molar-refractivity contribution in [3.63, 3.8) is 0 Å². The minimum Gasteiger partial charge on any atom is -0.307 e. The molecule has 2 N–H and O–H groups in total. The summed E-state index contributed by atoms with van der Waals surface area (Å²) < 4.78 is 0. The molecule has 0 aliphatic carbocycles. The van der Waals surface area contributed by atoms with Gasteiger partial charge in [-0.15, -0.1) is 0 Å². The molecular formula is C48H29N7O2. The Balaban J connectivity index is 1.11. The normalized spacial score (nSPS) is 11.4. The smallest absolute Gasteiger partial charge is 0.267 e. The third kappa shape index (κ3) is 5.98. The predicted octanol–water partition coefficient (Wildman–Crippen LogP) is 9.77. The number of benzene rings is 4. The van der Waals surface area contributed by atoms with Crippen molar-refractivity contribution in [2.45, 2.75) is 6.92 Å². The third-order valence-corrected chi connectivity index (χ3v) is 10.4. The topological polar surface area (TPSA) is 141 Å². The van der Waals surface area contributed by atoms with Crippen molar-refractivity contribution in [1.82, 2.24) is 29.9 Å². The summed E-state index contributed by atoms with van der Waals surface area (Å²) in [6.07, 6.45) is 3.64. The molecule has 57 heavy (non-hydrogen) atoms. The van der Waals surface area contributed by atoms with Crippen molar-refractivity contribution in [3.05, 3.63) is 178 Å². The number of aromatic nitrogens is 6. The van der Waals surface area contributed by atoms with Crippen LogP contribution in [0.3, 0.4) is 0 Å². The van der Waals surface area contributed by atoms with Crippen LogP contribution in [0.25, 0.3) is 99.8 Å². The highest BCUT2D eigenvalue weighted by Crippen LogP contribution is 2.38. The third-order valence-electron chi connectivity index (χ3n) is 10.4. The second-order valence-electron chi connectivity index (χ2n) is 14.0. The number of hydrogen-bond donors (Lipinski definition) is 2. The Morgan fingerprint density at radius 1 is 0.544 bits per heavy atom. The largest absolute Gasteiger partial charge is 0.307 e. The van der Waals surface area contributed by atoms with E-state index in [2.05, 4.69) is 51.4 Å². The van der Waals surface area contributed by atoms with E-state index < -0.39 is 5.56 Å². The zero-order chi connectivity index (χ0) is 38.6. The molecule has 0 amide bonds. The molecule has 4 aromatic carbocycles. The lowest BCUT2D eigenvalue weighted by molar-refractivity contribution is 1.21. The van der Waals surface area contributed by atoms with E-state index in [1.54, 1.807) is 18.3 Å². The summed E-state index contributed by atoms with van der Waals surface area (Å²) in [5.74, 6) is 0. The van der Waals surface area contributed by atoms with Crippen molar-refractivity contribution in [1.29, 1.82) is 5.26 Å². The van der Waals surface area contributed by atoms with Gasteiger partial charge in [0.25, 0.3) is 5.56 Å². The van der Waals surface area contributed by atoms with Gasteiger partial charge in [-0.25, -0.2) is 9.97 Å². The molecule has 0 saturated heterocycles. The lowest BCUT2D eigenvalue weighted by Crippen LogP contribution is -2.10. The number of H-pyrrole nitrogens is 2. The molecule has 9 heteroatoms. The van der Waals surface area contributed by atoms with Gasteiger partial charge in [-0.3, -0.25) is 19.6 Å². The van der Waals surface area contributed by atoms with E-state index in [9.17, 15) is 14.9 Å². The van der Waals surface area contributed by atoms with Gasteiger partial charge in [-0.1, -0.05) is 66.7 Å². The van der Waals surface area contributed by atoms with Crippen molar-refractivity contribution < 1.29 is 0 Å². The molecule has 0 radical (unpaired) electrons. The van der Waals surface area contributed by atoms with E-state index in [0.29, 0.717) is 22.4 Å². The maximum absolute atomic E-state index is 12.7. The molecule has 268 valence electrons. The number of aryl methyl sites for hydroxylation is 1. The molecule has 0 fully saturated rings. The molecular weight excluding hydrogens is 707 g/mol. The Kier molecular flexibility index (Phi) is 7.83. The molecule has 0 aliphatic heterocycles. The number of fused-ring (bicyclic) bond motifs is 4. The average Bonchev–Trinajstić information content (AvgIpc) is 3.25. The van der Waals surface area contributed by atoms with Crippen LogP contribution in [0.5, 0.6) is 0 Å². The van der Waals surface area contributed by atoms with Gasteiger partial charge >= 0.3 is 0 Å². The summed E-state index contributed by atoms with van der Waals surface area (Å²) in [5, 5.41) is 13.1. The highest BCUT2D eigenvalue weighted by Gasteiger charge is 2.17. The monoisotopic (exact) mass is 735 g/mol. The van der Waals surface area contributed by atoms with E-state index >= 15 is 0 Å². The second kappa shape index (κ2) is 13.3. The van der Waals surface area contributed by atoms with Gasteiger partial charge in [-0.2, -0.15) is 5.26 Å². The molecule has 0 spiro atoms. The van der Waals surface area contributed by atoms with E-state index in [1.165, 1.54) is 0 Å². The molecule has 6 aromatic heterocycles. The average molecular weight is 736 g/mol. The van der Waals surface area contributed by atoms with Gasteiger partial charge in [0.1, 0.15) is 22.9 Å². The predicted molar refractivity (Wildman–Crippen MR) is 226 cm³/mol. The van der Waals surface area contributed by atoms with E-state index in [4.69, 9.17) is 15.0 Å². The molecule has 0 atom stereocenters. The van der Waals surface area contributed by atoms with Crippen molar-refractivity contribution in [2.75, 3.05) is 0 Å². The number of rotatable bonds is 5. The number of nitriles is 1. The summed E-state index contributed by atoms with van der Waals surface area (Å²) in [4.78, 5) is 50.2. The Morgan fingerprint density at radius 3 is 2.07 bits per heavy atom. The van der Waals surface area contributed by atoms with E-state index in [1.807, 2.05) is 104 Å². The molecule has 6 heterocycles. The van der Waals surface area contributed by atoms with Crippen LogP contribution in [0.15, 0.2) is 155 Å². The Bertz CT molecular complexity index is 3440. The minimum absolute atomic E-state index is 0.0271. The molecule has 10 aromatic rings. The molecule has 9 nitrogen and oxygen atoms in total. The van der Waals surface area contributed by atoms with E-state index in [0.717, 1.165) is 83.0 Å². The Morgan fingerprint density at radius 2 is 1.25 bits per heavy atom. The standard InChI is InChI=1S/C48H29N7O2/c1-27-17-43(56)52-47-38(27)24-40(44(54-47)28-7-3-2-4-8-28)31-13-15-42-34(20-31)21-37(26-51-42)29-9-5-10-33(18-29)45-39(30-12-14-41-32(19-30)11-6-16-50-41)23-35-22-36(25-49)48(57)55-46(35)53-45/h2-24,26H,1H3,(H,52,54,56)(H,53,55,57). The number of aromatic amines is 2. The summed E-state index contributed by atoms with van der Waals surface area (Å²) in [6.45, 7) is 1.93. The number of pyridine rings is 6. The maximum atomic E-state index is 12.7. The van der Waals surface area contributed by atoms with Gasteiger partial charge in [0, 0.05) is 67.8 Å². The fourth-order valence-electron chi connectivity index (χ4n) is 7.58. The quantitative estimate of drug-likeness (QED) is 0.179. The molecule has 10 rings (SSSR count). The van der Waals surface area contributed by atoms with Crippen molar-refractivity contribution in [3.8, 4) is 62.0 Å². The van der Waals surface area contributed by atoms with Crippen LogP contribution in [0.2, 0.25) is 0 Å². The lowest BCUT2D eigenvalue weighted by Gasteiger charge is -2.14. The fourth-order valence-corrected chi connectivity index (χ4v) is 7.58.